The Kier molecular flexibility index (Phi) is 7.11. The number of benzene rings is 3. The number of para-hydroxylation sites is 2. The predicted molar refractivity (Wildman–Crippen MR) is 115 cm³/mol. The highest BCUT2D eigenvalue weighted by Gasteiger charge is 2.12. The molecule has 0 heterocycles. The highest BCUT2D eigenvalue weighted by Crippen LogP contribution is 2.30. The molecule has 0 aliphatic heterocycles. The lowest BCUT2D eigenvalue weighted by Crippen LogP contribution is -1.98. The molecular formula is C25H30O3. The van der Waals surface area contributed by atoms with Gasteiger partial charge < -0.3 is 15.3 Å². The monoisotopic (exact) mass is 378 g/mol. The van der Waals surface area contributed by atoms with Gasteiger partial charge in [-0.15, -0.1) is 0 Å². The van der Waals surface area contributed by atoms with Gasteiger partial charge in [0.1, 0.15) is 17.2 Å². The Balaban J connectivity index is 0.00000280. The minimum absolute atomic E-state index is 0. The molecule has 0 aliphatic carbocycles. The molecule has 0 bridgehead atoms. The second-order valence-electron chi connectivity index (χ2n) is 7.47. The maximum Gasteiger partial charge on any atom is 0.122 e. The van der Waals surface area contributed by atoms with Crippen LogP contribution < -0.4 is 0 Å². The quantitative estimate of drug-likeness (QED) is 0.506. The Morgan fingerprint density at radius 1 is 0.679 bits per heavy atom. The zero-order valence-electron chi connectivity index (χ0n) is 15.8. The van der Waals surface area contributed by atoms with Gasteiger partial charge in [0.2, 0.25) is 0 Å². The standard InChI is InChI=1S/C24H26O3.CH4/c1-16(2)12-21-14-17(10-11-23(21)26)13-19-7-5-8-20(24(19)27)15-18-6-3-4-9-22(18)25;/h3-11,14,16,25-27H,12-13,15H2,1-2H3;1H4. The first kappa shape index (κ1) is 21.4. The molecule has 0 aliphatic rings. The van der Waals surface area contributed by atoms with Gasteiger partial charge in [-0.25, -0.2) is 0 Å². The largest absolute Gasteiger partial charge is 0.508 e. The van der Waals surface area contributed by atoms with E-state index in [1.165, 1.54) is 0 Å². The predicted octanol–water partition coefficient (Wildman–Crippen LogP) is 5.82. The third-order valence-electron chi connectivity index (χ3n) is 4.74. The van der Waals surface area contributed by atoms with Crippen molar-refractivity contribution in [2.45, 2.75) is 40.5 Å². The van der Waals surface area contributed by atoms with Crippen LogP contribution in [0.5, 0.6) is 17.2 Å². The van der Waals surface area contributed by atoms with Crippen molar-refractivity contribution in [1.82, 2.24) is 0 Å². The molecule has 3 N–H and O–H groups in total. The van der Waals surface area contributed by atoms with Crippen molar-refractivity contribution in [3.63, 3.8) is 0 Å². The maximum absolute atomic E-state index is 10.7. The normalized spacial score (nSPS) is 10.7. The zero-order valence-corrected chi connectivity index (χ0v) is 15.8. The Bertz CT molecular complexity index is 929. The fourth-order valence-electron chi connectivity index (χ4n) is 3.37. The molecule has 148 valence electrons. The van der Waals surface area contributed by atoms with E-state index in [0.717, 1.165) is 34.2 Å². The van der Waals surface area contributed by atoms with Crippen molar-refractivity contribution in [3.05, 3.63) is 88.5 Å². The van der Waals surface area contributed by atoms with E-state index < -0.39 is 0 Å². The lowest BCUT2D eigenvalue weighted by molar-refractivity contribution is 0.459. The van der Waals surface area contributed by atoms with Gasteiger partial charge in [-0.3, -0.25) is 0 Å². The molecule has 0 spiro atoms. The summed E-state index contributed by atoms with van der Waals surface area (Å²) < 4.78 is 0. The van der Waals surface area contributed by atoms with Crippen LogP contribution in [-0.2, 0) is 19.3 Å². The summed E-state index contributed by atoms with van der Waals surface area (Å²) in [7, 11) is 0. The molecule has 0 aromatic heterocycles. The highest BCUT2D eigenvalue weighted by molar-refractivity contribution is 5.48. The minimum atomic E-state index is 0. The molecule has 0 radical (unpaired) electrons. The van der Waals surface area contributed by atoms with Gasteiger partial charge in [0, 0.05) is 12.8 Å². The van der Waals surface area contributed by atoms with E-state index in [1.54, 1.807) is 18.2 Å². The molecule has 3 aromatic rings. The van der Waals surface area contributed by atoms with E-state index in [9.17, 15) is 15.3 Å². The van der Waals surface area contributed by atoms with E-state index in [-0.39, 0.29) is 18.9 Å². The first-order chi connectivity index (χ1) is 12.9. The molecule has 0 amide bonds. The van der Waals surface area contributed by atoms with Crippen LogP contribution in [0, 0.1) is 5.92 Å². The maximum atomic E-state index is 10.7. The third kappa shape index (κ3) is 5.07. The minimum Gasteiger partial charge on any atom is -0.508 e. The van der Waals surface area contributed by atoms with E-state index in [2.05, 4.69) is 13.8 Å². The number of hydrogen-bond acceptors (Lipinski definition) is 3. The summed E-state index contributed by atoms with van der Waals surface area (Å²) in [6.45, 7) is 4.25. The van der Waals surface area contributed by atoms with E-state index in [1.807, 2.05) is 42.5 Å². The summed E-state index contributed by atoms with van der Waals surface area (Å²) in [5.74, 6) is 1.28. The lowest BCUT2D eigenvalue weighted by Gasteiger charge is -2.13. The SMILES string of the molecule is C.CC(C)Cc1cc(Cc2cccc(Cc3ccccc3O)c2O)ccc1O. The van der Waals surface area contributed by atoms with Crippen molar-refractivity contribution in [1.29, 1.82) is 0 Å². The number of hydrogen-bond donors (Lipinski definition) is 3. The Hall–Kier alpha value is -2.94. The van der Waals surface area contributed by atoms with Gasteiger partial charge in [0.25, 0.3) is 0 Å². The smallest absolute Gasteiger partial charge is 0.122 e. The second-order valence-corrected chi connectivity index (χ2v) is 7.47. The van der Waals surface area contributed by atoms with Crippen LogP contribution in [0.4, 0.5) is 0 Å². The Labute approximate surface area is 167 Å². The zero-order chi connectivity index (χ0) is 19.4. The average molecular weight is 379 g/mol. The Morgan fingerprint density at radius 3 is 1.96 bits per heavy atom. The van der Waals surface area contributed by atoms with Crippen molar-refractivity contribution >= 4 is 0 Å². The molecule has 0 fully saturated rings. The van der Waals surface area contributed by atoms with Gasteiger partial charge in [-0.1, -0.05) is 69.8 Å². The molecule has 3 aromatic carbocycles. The fourth-order valence-corrected chi connectivity index (χ4v) is 3.37. The van der Waals surface area contributed by atoms with Crippen LogP contribution in [0.1, 0.15) is 49.1 Å². The number of phenolic OH excluding ortho intramolecular Hbond substituents is 3. The molecule has 0 atom stereocenters. The molecule has 3 rings (SSSR count). The van der Waals surface area contributed by atoms with E-state index in [4.69, 9.17) is 0 Å². The highest BCUT2D eigenvalue weighted by atomic mass is 16.3. The molecule has 0 unspecified atom stereocenters. The molecule has 3 heteroatoms. The van der Waals surface area contributed by atoms with Gasteiger partial charge in [0.05, 0.1) is 0 Å². The molecular weight excluding hydrogens is 348 g/mol. The van der Waals surface area contributed by atoms with Crippen LogP contribution >= 0.6 is 0 Å². The fraction of sp³-hybridized carbons (Fsp3) is 0.280. The summed E-state index contributed by atoms with van der Waals surface area (Å²) >= 11 is 0. The molecule has 28 heavy (non-hydrogen) atoms. The van der Waals surface area contributed by atoms with Crippen LogP contribution in [0.3, 0.4) is 0 Å². The number of rotatable bonds is 6. The van der Waals surface area contributed by atoms with Gasteiger partial charge in [-0.05, 0) is 52.3 Å². The first-order valence-electron chi connectivity index (χ1n) is 9.31. The van der Waals surface area contributed by atoms with Gasteiger partial charge in [-0.2, -0.15) is 0 Å². The third-order valence-corrected chi connectivity index (χ3v) is 4.74. The van der Waals surface area contributed by atoms with Crippen LogP contribution in [0.2, 0.25) is 0 Å². The number of aromatic hydroxyl groups is 3. The van der Waals surface area contributed by atoms with E-state index >= 15 is 0 Å². The first-order valence-corrected chi connectivity index (χ1v) is 9.31. The topological polar surface area (TPSA) is 60.7 Å². The van der Waals surface area contributed by atoms with Crippen molar-refractivity contribution in [2.75, 3.05) is 0 Å². The average Bonchev–Trinajstić information content (AvgIpc) is 2.62. The lowest BCUT2D eigenvalue weighted by atomic mass is 9.95. The van der Waals surface area contributed by atoms with Crippen LogP contribution in [0.15, 0.2) is 60.7 Å². The number of phenols is 3. The van der Waals surface area contributed by atoms with Gasteiger partial charge in [0.15, 0.2) is 0 Å². The second kappa shape index (κ2) is 9.32. The summed E-state index contributed by atoms with van der Waals surface area (Å²) in [5.41, 5.74) is 4.40. The van der Waals surface area contributed by atoms with Crippen LogP contribution in [-0.4, -0.2) is 15.3 Å². The summed E-state index contributed by atoms with van der Waals surface area (Å²) in [6, 6.07) is 18.6. The van der Waals surface area contributed by atoms with E-state index in [0.29, 0.717) is 24.5 Å². The van der Waals surface area contributed by atoms with Crippen molar-refractivity contribution in [3.8, 4) is 17.2 Å². The van der Waals surface area contributed by atoms with Crippen molar-refractivity contribution < 1.29 is 15.3 Å². The molecule has 0 saturated carbocycles. The summed E-state index contributed by atoms with van der Waals surface area (Å²) in [4.78, 5) is 0. The molecule has 3 nitrogen and oxygen atoms in total. The summed E-state index contributed by atoms with van der Waals surface area (Å²) in [6.07, 6.45) is 1.88. The van der Waals surface area contributed by atoms with Crippen molar-refractivity contribution in [2.24, 2.45) is 5.92 Å². The van der Waals surface area contributed by atoms with Gasteiger partial charge >= 0.3 is 0 Å². The Morgan fingerprint density at radius 2 is 1.29 bits per heavy atom. The summed E-state index contributed by atoms with van der Waals surface area (Å²) in [5, 5.41) is 30.8. The van der Waals surface area contributed by atoms with Crippen LogP contribution in [0.25, 0.3) is 0 Å². The molecule has 0 saturated heterocycles.